The predicted octanol–water partition coefficient (Wildman–Crippen LogP) is 0.899. The van der Waals surface area contributed by atoms with E-state index >= 15 is 0 Å². The summed E-state index contributed by atoms with van der Waals surface area (Å²) in [4.78, 5) is 3.21. The van der Waals surface area contributed by atoms with Crippen molar-refractivity contribution in [2.45, 2.75) is 38.6 Å². The van der Waals surface area contributed by atoms with Crippen LogP contribution in [-0.4, -0.2) is 11.0 Å². The standard InChI is InChI=1S/C10H19N3/c1-3-4-9(11)5-6-10-12-7-8-13(10)2/h7-9H,3-6,11H2,1-2H3/p+1. The first-order valence-electron chi connectivity index (χ1n) is 5.01. The molecule has 3 N–H and O–H groups in total. The van der Waals surface area contributed by atoms with Crippen molar-refractivity contribution in [3.05, 3.63) is 18.2 Å². The summed E-state index contributed by atoms with van der Waals surface area (Å²) < 4.78 is 2.11. The average Bonchev–Trinajstić information content (AvgIpc) is 2.48. The Hall–Kier alpha value is -0.830. The van der Waals surface area contributed by atoms with Gasteiger partial charge in [-0.1, -0.05) is 13.3 Å². The van der Waals surface area contributed by atoms with E-state index in [0.717, 1.165) is 19.3 Å². The maximum absolute atomic E-state index is 5.93. The molecule has 0 aromatic carbocycles. The highest BCUT2D eigenvalue weighted by atomic mass is 15.0. The van der Waals surface area contributed by atoms with Gasteiger partial charge in [0.25, 0.3) is 5.82 Å². The molecule has 0 bridgehead atoms. The lowest BCUT2D eigenvalue weighted by molar-refractivity contribution is -0.677. The summed E-state index contributed by atoms with van der Waals surface area (Å²) in [5, 5.41) is 0. The molecule has 1 aromatic heterocycles. The molecule has 1 aromatic rings. The quantitative estimate of drug-likeness (QED) is 0.653. The molecular weight excluding hydrogens is 162 g/mol. The predicted molar refractivity (Wildman–Crippen MR) is 53.2 cm³/mol. The molecule has 0 aliphatic rings. The summed E-state index contributed by atoms with van der Waals surface area (Å²) >= 11 is 0. The number of nitrogens with one attached hydrogen (secondary N) is 1. The highest BCUT2D eigenvalue weighted by molar-refractivity contribution is 4.79. The van der Waals surface area contributed by atoms with Gasteiger partial charge in [0, 0.05) is 6.04 Å². The second-order valence-electron chi connectivity index (χ2n) is 3.61. The molecule has 0 fully saturated rings. The summed E-state index contributed by atoms with van der Waals surface area (Å²) in [6.07, 6.45) is 8.41. The van der Waals surface area contributed by atoms with Crippen LogP contribution in [0, 0.1) is 0 Å². The number of aryl methyl sites for hydroxylation is 2. The van der Waals surface area contributed by atoms with E-state index in [1.807, 2.05) is 12.4 Å². The van der Waals surface area contributed by atoms with Gasteiger partial charge in [0.05, 0.1) is 13.5 Å². The minimum Gasteiger partial charge on any atom is -0.328 e. The third kappa shape index (κ3) is 3.19. The van der Waals surface area contributed by atoms with Crippen molar-refractivity contribution in [3.63, 3.8) is 0 Å². The molecule has 0 aliphatic carbocycles. The van der Waals surface area contributed by atoms with Crippen LogP contribution >= 0.6 is 0 Å². The minimum atomic E-state index is 0.355. The number of aromatic amines is 1. The van der Waals surface area contributed by atoms with Gasteiger partial charge in [0.2, 0.25) is 0 Å². The van der Waals surface area contributed by atoms with Crippen LogP contribution in [0.5, 0.6) is 0 Å². The van der Waals surface area contributed by atoms with Crippen LogP contribution in [0.3, 0.4) is 0 Å². The van der Waals surface area contributed by atoms with Crippen LogP contribution in [0.1, 0.15) is 32.0 Å². The number of hydrogen-bond acceptors (Lipinski definition) is 1. The molecule has 13 heavy (non-hydrogen) atoms. The lowest BCUT2D eigenvalue weighted by atomic mass is 10.1. The van der Waals surface area contributed by atoms with Gasteiger partial charge < -0.3 is 5.73 Å². The summed E-state index contributed by atoms with van der Waals surface area (Å²) in [5.41, 5.74) is 5.93. The van der Waals surface area contributed by atoms with Gasteiger partial charge in [0.1, 0.15) is 12.4 Å². The largest absolute Gasteiger partial charge is 0.328 e. The lowest BCUT2D eigenvalue weighted by Crippen LogP contribution is -2.32. The van der Waals surface area contributed by atoms with Crippen molar-refractivity contribution in [1.82, 2.24) is 4.98 Å². The van der Waals surface area contributed by atoms with Crippen molar-refractivity contribution in [1.29, 1.82) is 0 Å². The van der Waals surface area contributed by atoms with Crippen LogP contribution < -0.4 is 10.3 Å². The topological polar surface area (TPSA) is 45.7 Å². The fourth-order valence-electron chi connectivity index (χ4n) is 1.52. The molecule has 1 heterocycles. The van der Waals surface area contributed by atoms with E-state index in [0.29, 0.717) is 6.04 Å². The summed E-state index contributed by atoms with van der Waals surface area (Å²) in [6, 6.07) is 0.355. The van der Waals surface area contributed by atoms with Gasteiger partial charge in [0.15, 0.2) is 0 Å². The normalized spacial score (nSPS) is 13.2. The Bertz CT molecular complexity index is 242. The summed E-state index contributed by atoms with van der Waals surface area (Å²) in [5.74, 6) is 1.26. The van der Waals surface area contributed by atoms with Gasteiger partial charge in [-0.25, -0.2) is 9.55 Å². The maximum Gasteiger partial charge on any atom is 0.254 e. The first-order chi connectivity index (χ1) is 6.24. The number of aromatic nitrogens is 2. The zero-order valence-electron chi connectivity index (χ0n) is 8.59. The molecule has 1 atom stereocenters. The van der Waals surface area contributed by atoms with Crippen LogP contribution in [0.25, 0.3) is 0 Å². The number of nitrogens with two attached hydrogens (primary N) is 1. The maximum atomic E-state index is 5.93. The Kier molecular flexibility index (Phi) is 3.96. The molecule has 3 nitrogen and oxygen atoms in total. The van der Waals surface area contributed by atoms with E-state index in [2.05, 4.69) is 23.5 Å². The van der Waals surface area contributed by atoms with Crippen molar-refractivity contribution >= 4 is 0 Å². The molecule has 0 saturated heterocycles. The highest BCUT2D eigenvalue weighted by Crippen LogP contribution is 2.01. The molecule has 0 radical (unpaired) electrons. The summed E-state index contributed by atoms with van der Waals surface area (Å²) in [7, 11) is 2.05. The Labute approximate surface area is 80.0 Å². The SMILES string of the molecule is CCCC(N)CCc1[nH]cc[n+]1C. The Balaban J connectivity index is 2.30. The molecule has 1 rings (SSSR count). The first-order valence-corrected chi connectivity index (χ1v) is 5.01. The van der Waals surface area contributed by atoms with E-state index in [1.165, 1.54) is 12.2 Å². The van der Waals surface area contributed by atoms with Gasteiger partial charge in [-0.2, -0.15) is 0 Å². The Morgan fingerprint density at radius 1 is 1.54 bits per heavy atom. The second-order valence-corrected chi connectivity index (χ2v) is 3.61. The minimum absolute atomic E-state index is 0.355. The Morgan fingerprint density at radius 3 is 2.85 bits per heavy atom. The fourth-order valence-corrected chi connectivity index (χ4v) is 1.52. The van der Waals surface area contributed by atoms with Gasteiger partial charge in [-0.15, -0.1) is 0 Å². The molecule has 3 heteroatoms. The van der Waals surface area contributed by atoms with E-state index in [9.17, 15) is 0 Å². The van der Waals surface area contributed by atoms with E-state index < -0.39 is 0 Å². The van der Waals surface area contributed by atoms with Crippen molar-refractivity contribution in [3.8, 4) is 0 Å². The van der Waals surface area contributed by atoms with Gasteiger partial charge >= 0.3 is 0 Å². The second kappa shape index (κ2) is 5.02. The van der Waals surface area contributed by atoms with E-state index in [1.54, 1.807) is 0 Å². The third-order valence-electron chi connectivity index (χ3n) is 2.39. The number of H-pyrrole nitrogens is 1. The molecular formula is C10H20N3+. The lowest BCUT2D eigenvalue weighted by Gasteiger charge is -2.07. The van der Waals surface area contributed by atoms with E-state index in [-0.39, 0.29) is 0 Å². The molecule has 0 spiro atoms. The fraction of sp³-hybridized carbons (Fsp3) is 0.700. The summed E-state index contributed by atoms with van der Waals surface area (Å²) in [6.45, 7) is 2.18. The monoisotopic (exact) mass is 182 g/mol. The Morgan fingerprint density at radius 2 is 2.31 bits per heavy atom. The van der Waals surface area contributed by atoms with Crippen LogP contribution in [0.15, 0.2) is 12.4 Å². The van der Waals surface area contributed by atoms with Crippen LogP contribution in [0.4, 0.5) is 0 Å². The highest BCUT2D eigenvalue weighted by Gasteiger charge is 2.08. The van der Waals surface area contributed by atoms with Crippen molar-refractivity contribution in [2.24, 2.45) is 12.8 Å². The van der Waals surface area contributed by atoms with Crippen LogP contribution in [-0.2, 0) is 13.5 Å². The zero-order chi connectivity index (χ0) is 9.68. The van der Waals surface area contributed by atoms with Gasteiger partial charge in [-0.3, -0.25) is 0 Å². The number of rotatable bonds is 5. The first kappa shape index (κ1) is 10.3. The third-order valence-corrected chi connectivity index (χ3v) is 2.39. The van der Waals surface area contributed by atoms with Crippen molar-refractivity contribution in [2.75, 3.05) is 0 Å². The number of imidazole rings is 1. The molecule has 0 amide bonds. The molecule has 0 saturated carbocycles. The molecule has 0 aliphatic heterocycles. The smallest absolute Gasteiger partial charge is 0.254 e. The van der Waals surface area contributed by atoms with Gasteiger partial charge in [-0.05, 0) is 12.8 Å². The number of nitrogens with zero attached hydrogens (tertiary/aromatic N) is 1. The average molecular weight is 182 g/mol. The van der Waals surface area contributed by atoms with Crippen molar-refractivity contribution < 1.29 is 4.57 Å². The van der Waals surface area contributed by atoms with Crippen LogP contribution in [0.2, 0.25) is 0 Å². The molecule has 1 unspecified atom stereocenters. The molecule has 74 valence electrons. The zero-order valence-corrected chi connectivity index (χ0v) is 8.59. The van der Waals surface area contributed by atoms with E-state index in [4.69, 9.17) is 5.73 Å². The number of hydrogen-bond donors (Lipinski definition) is 2.